The molecule has 1 atom stereocenters. The molecule has 1 fully saturated rings. The molecule has 1 rings (SSSR count). The molecular formula is C9H15NO3. The number of piperidine rings is 1. The van der Waals surface area contributed by atoms with Crippen LogP contribution in [0.25, 0.3) is 0 Å². The van der Waals surface area contributed by atoms with Gasteiger partial charge in [0.05, 0.1) is 19.1 Å². The maximum atomic E-state index is 11.3. The van der Waals surface area contributed by atoms with E-state index in [-0.39, 0.29) is 17.7 Å². The van der Waals surface area contributed by atoms with Gasteiger partial charge < -0.3 is 4.74 Å². The second kappa shape index (κ2) is 4.37. The highest BCUT2D eigenvalue weighted by Gasteiger charge is 2.29. The first-order chi connectivity index (χ1) is 6.13. The Labute approximate surface area is 77.8 Å². The molecule has 1 heterocycles. The van der Waals surface area contributed by atoms with Crippen LogP contribution in [0.1, 0.15) is 13.3 Å². The quantitative estimate of drug-likeness (QED) is 0.571. The third kappa shape index (κ3) is 2.81. The van der Waals surface area contributed by atoms with Crippen LogP contribution in [0.2, 0.25) is 0 Å². The molecule has 0 radical (unpaired) electrons. The van der Waals surface area contributed by atoms with Crippen molar-refractivity contribution in [2.24, 2.45) is 5.92 Å². The van der Waals surface area contributed by atoms with Crippen molar-refractivity contribution in [2.75, 3.05) is 26.7 Å². The van der Waals surface area contributed by atoms with Crippen LogP contribution in [-0.4, -0.2) is 43.4 Å². The molecule has 74 valence electrons. The summed E-state index contributed by atoms with van der Waals surface area (Å²) in [5.41, 5.74) is 0. The number of nitrogens with zero attached hydrogens (tertiary/aromatic N) is 1. The monoisotopic (exact) mass is 185 g/mol. The number of ketones is 1. The standard InChI is InChI=1S/C9H15NO3/c1-3-13-9(12)7-4-8(11)6-10(2)5-7/h7H,3-6H2,1-2H3. The summed E-state index contributed by atoms with van der Waals surface area (Å²) in [6, 6.07) is 0. The number of hydrogen-bond acceptors (Lipinski definition) is 4. The highest BCUT2D eigenvalue weighted by Crippen LogP contribution is 2.13. The van der Waals surface area contributed by atoms with Crippen molar-refractivity contribution in [3.8, 4) is 0 Å². The summed E-state index contributed by atoms with van der Waals surface area (Å²) in [4.78, 5) is 24.3. The van der Waals surface area contributed by atoms with Gasteiger partial charge in [0.2, 0.25) is 0 Å². The second-order valence-corrected chi connectivity index (χ2v) is 3.39. The molecule has 0 bridgehead atoms. The van der Waals surface area contributed by atoms with Crippen LogP contribution in [0.3, 0.4) is 0 Å². The van der Waals surface area contributed by atoms with E-state index < -0.39 is 0 Å². The van der Waals surface area contributed by atoms with Gasteiger partial charge in [-0.3, -0.25) is 14.5 Å². The molecule has 0 saturated carbocycles. The average Bonchev–Trinajstić information content (AvgIpc) is 2.03. The first kappa shape index (κ1) is 10.2. The highest BCUT2D eigenvalue weighted by molar-refractivity contribution is 5.87. The number of ether oxygens (including phenoxy) is 1. The predicted octanol–water partition coefficient (Wildman–Crippen LogP) is 0.0703. The minimum absolute atomic E-state index is 0.117. The molecule has 0 aromatic heterocycles. The van der Waals surface area contributed by atoms with Crippen molar-refractivity contribution in [3.63, 3.8) is 0 Å². The summed E-state index contributed by atoms with van der Waals surface area (Å²) in [7, 11) is 1.84. The summed E-state index contributed by atoms with van der Waals surface area (Å²) in [6.07, 6.45) is 0.336. The minimum Gasteiger partial charge on any atom is -0.466 e. The van der Waals surface area contributed by atoms with Crippen LogP contribution in [0.4, 0.5) is 0 Å². The van der Waals surface area contributed by atoms with E-state index in [2.05, 4.69) is 0 Å². The first-order valence-corrected chi connectivity index (χ1v) is 4.50. The van der Waals surface area contributed by atoms with Gasteiger partial charge in [0.1, 0.15) is 5.78 Å². The summed E-state index contributed by atoms with van der Waals surface area (Å²) in [5.74, 6) is -0.389. The lowest BCUT2D eigenvalue weighted by atomic mass is 9.98. The van der Waals surface area contributed by atoms with Crippen LogP contribution in [0, 0.1) is 5.92 Å². The maximum absolute atomic E-state index is 11.3. The summed E-state index contributed by atoms with van der Waals surface area (Å²) < 4.78 is 4.86. The minimum atomic E-state index is -0.258. The Morgan fingerprint density at radius 2 is 2.38 bits per heavy atom. The van der Waals surface area contributed by atoms with Crippen molar-refractivity contribution in [3.05, 3.63) is 0 Å². The number of rotatable bonds is 2. The lowest BCUT2D eigenvalue weighted by Gasteiger charge is -2.26. The number of carbonyl (C=O) groups is 2. The third-order valence-corrected chi connectivity index (χ3v) is 2.07. The number of likely N-dealkylation sites (tertiary alicyclic amines) is 1. The fourth-order valence-corrected chi connectivity index (χ4v) is 1.56. The molecule has 0 N–H and O–H groups in total. The molecular weight excluding hydrogens is 170 g/mol. The highest BCUT2D eigenvalue weighted by atomic mass is 16.5. The molecule has 1 aliphatic rings. The van der Waals surface area contributed by atoms with E-state index >= 15 is 0 Å². The van der Waals surface area contributed by atoms with Crippen molar-refractivity contribution in [1.29, 1.82) is 0 Å². The lowest BCUT2D eigenvalue weighted by molar-refractivity contribution is -0.152. The molecule has 0 aromatic rings. The number of Topliss-reactive ketones (excluding diaryl/α,β-unsaturated/α-hetero) is 1. The summed E-state index contributed by atoms with van der Waals surface area (Å²) in [5, 5.41) is 0. The van der Waals surface area contributed by atoms with Gasteiger partial charge in [0.15, 0.2) is 0 Å². The lowest BCUT2D eigenvalue weighted by Crippen LogP contribution is -2.41. The van der Waals surface area contributed by atoms with Crippen LogP contribution in [-0.2, 0) is 14.3 Å². The Balaban J connectivity index is 2.49. The average molecular weight is 185 g/mol. The van der Waals surface area contributed by atoms with Gasteiger partial charge in [-0.15, -0.1) is 0 Å². The van der Waals surface area contributed by atoms with Crippen molar-refractivity contribution >= 4 is 11.8 Å². The van der Waals surface area contributed by atoms with E-state index in [9.17, 15) is 9.59 Å². The SMILES string of the molecule is CCOC(=O)C1CC(=O)CN(C)C1. The van der Waals surface area contributed by atoms with Crippen LogP contribution >= 0.6 is 0 Å². The summed E-state index contributed by atoms with van der Waals surface area (Å²) in [6.45, 7) is 3.24. The Hall–Kier alpha value is -0.900. The predicted molar refractivity (Wildman–Crippen MR) is 47.2 cm³/mol. The summed E-state index contributed by atoms with van der Waals surface area (Å²) >= 11 is 0. The Bertz CT molecular complexity index is 215. The van der Waals surface area contributed by atoms with Crippen molar-refractivity contribution in [1.82, 2.24) is 4.90 Å². The Morgan fingerprint density at radius 3 is 2.92 bits per heavy atom. The Morgan fingerprint density at radius 1 is 1.69 bits per heavy atom. The Kier molecular flexibility index (Phi) is 3.42. The topological polar surface area (TPSA) is 46.6 Å². The number of carbonyl (C=O) groups excluding carboxylic acids is 2. The number of hydrogen-bond donors (Lipinski definition) is 0. The molecule has 0 aliphatic carbocycles. The largest absolute Gasteiger partial charge is 0.466 e. The smallest absolute Gasteiger partial charge is 0.310 e. The molecule has 0 amide bonds. The molecule has 1 unspecified atom stereocenters. The van der Waals surface area contributed by atoms with E-state index in [1.54, 1.807) is 6.92 Å². The normalized spacial score (nSPS) is 24.5. The molecule has 1 saturated heterocycles. The zero-order valence-electron chi connectivity index (χ0n) is 8.08. The van der Waals surface area contributed by atoms with E-state index in [4.69, 9.17) is 4.74 Å². The fourth-order valence-electron chi connectivity index (χ4n) is 1.56. The van der Waals surface area contributed by atoms with Gasteiger partial charge in [-0.05, 0) is 14.0 Å². The third-order valence-electron chi connectivity index (χ3n) is 2.07. The molecule has 1 aliphatic heterocycles. The zero-order valence-corrected chi connectivity index (χ0v) is 8.08. The number of likely N-dealkylation sites (N-methyl/N-ethyl adjacent to an activating group) is 1. The van der Waals surface area contributed by atoms with E-state index in [1.165, 1.54) is 0 Å². The van der Waals surface area contributed by atoms with Crippen molar-refractivity contribution in [2.45, 2.75) is 13.3 Å². The number of esters is 1. The molecule has 4 nitrogen and oxygen atoms in total. The fraction of sp³-hybridized carbons (Fsp3) is 0.778. The van der Waals surface area contributed by atoms with E-state index in [1.807, 2.05) is 11.9 Å². The van der Waals surface area contributed by atoms with E-state index in [0.29, 0.717) is 26.1 Å². The van der Waals surface area contributed by atoms with Crippen LogP contribution in [0.5, 0.6) is 0 Å². The molecule has 0 spiro atoms. The van der Waals surface area contributed by atoms with Gasteiger partial charge in [0, 0.05) is 13.0 Å². The first-order valence-electron chi connectivity index (χ1n) is 4.50. The molecule has 4 heteroatoms. The van der Waals surface area contributed by atoms with Gasteiger partial charge >= 0.3 is 5.97 Å². The van der Waals surface area contributed by atoms with E-state index in [0.717, 1.165) is 0 Å². The zero-order chi connectivity index (χ0) is 9.84. The van der Waals surface area contributed by atoms with Crippen molar-refractivity contribution < 1.29 is 14.3 Å². The maximum Gasteiger partial charge on any atom is 0.310 e. The van der Waals surface area contributed by atoms with Gasteiger partial charge in [-0.2, -0.15) is 0 Å². The van der Waals surface area contributed by atoms with Gasteiger partial charge in [-0.25, -0.2) is 0 Å². The van der Waals surface area contributed by atoms with Gasteiger partial charge in [-0.1, -0.05) is 0 Å². The molecule has 13 heavy (non-hydrogen) atoms. The van der Waals surface area contributed by atoms with Crippen LogP contribution in [0.15, 0.2) is 0 Å². The van der Waals surface area contributed by atoms with Gasteiger partial charge in [0.25, 0.3) is 0 Å². The molecule has 0 aromatic carbocycles. The van der Waals surface area contributed by atoms with Crippen LogP contribution < -0.4 is 0 Å². The second-order valence-electron chi connectivity index (χ2n) is 3.39.